The van der Waals surface area contributed by atoms with E-state index in [9.17, 15) is 0 Å². The van der Waals surface area contributed by atoms with Gasteiger partial charge in [0.2, 0.25) is 21.1 Å². The fraction of sp³-hybridized carbons (Fsp3) is 0.500. The van der Waals surface area contributed by atoms with Gasteiger partial charge in [-0.05, 0) is 26.3 Å². The van der Waals surface area contributed by atoms with Crippen LogP contribution in [0.3, 0.4) is 0 Å². The summed E-state index contributed by atoms with van der Waals surface area (Å²) < 4.78 is 0. The maximum Gasteiger partial charge on any atom is 0.218 e. The molecule has 0 aliphatic rings. The molecule has 0 saturated heterocycles. The van der Waals surface area contributed by atoms with Crippen molar-refractivity contribution in [2.24, 2.45) is 0 Å². The van der Waals surface area contributed by atoms with E-state index >= 15 is 0 Å². The van der Waals surface area contributed by atoms with Gasteiger partial charge in [0.1, 0.15) is 0 Å². The van der Waals surface area contributed by atoms with E-state index in [-0.39, 0.29) is 0 Å². The zero-order valence-electron chi connectivity index (χ0n) is 7.91. The summed E-state index contributed by atoms with van der Waals surface area (Å²) in [5, 5.41) is 0. The highest BCUT2D eigenvalue weighted by atomic mass is 32.1. The fourth-order valence-electron chi connectivity index (χ4n) is 1.19. The minimum Gasteiger partial charge on any atom is -0.0389 e. The minimum absolute atomic E-state index is 1.45. The quantitative estimate of drug-likeness (QED) is 0.518. The Morgan fingerprint density at radius 2 is 1.00 bits per heavy atom. The summed E-state index contributed by atoms with van der Waals surface area (Å²) >= 11 is 1.90. The topological polar surface area (TPSA) is 0 Å². The van der Waals surface area contributed by atoms with Crippen molar-refractivity contribution in [3.8, 4) is 0 Å². The number of rotatable bonds is 0. The Bertz CT molecular complexity index is 261. The highest BCUT2D eigenvalue weighted by molar-refractivity contribution is 7.11. The molecule has 1 heterocycles. The van der Waals surface area contributed by atoms with Crippen molar-refractivity contribution in [1.29, 1.82) is 0 Å². The fourth-order valence-corrected chi connectivity index (χ4v) is 2.26. The summed E-state index contributed by atoms with van der Waals surface area (Å²) in [5.74, 6) is 0. The molecule has 0 fully saturated rings. The highest BCUT2D eigenvalue weighted by Crippen LogP contribution is 2.24. The van der Waals surface area contributed by atoms with E-state index in [4.69, 9.17) is 0 Å². The van der Waals surface area contributed by atoms with Crippen LogP contribution in [0.2, 0.25) is 0 Å². The molecule has 0 aromatic carbocycles. The van der Waals surface area contributed by atoms with Crippen LogP contribution in [0, 0.1) is 34.6 Å². The molecule has 0 aliphatic heterocycles. The molecule has 60 valence electrons. The molecule has 1 heteroatoms. The van der Waals surface area contributed by atoms with Gasteiger partial charge >= 0.3 is 0 Å². The average Bonchev–Trinajstić information content (AvgIpc) is 1.97. The molecular weight excluding hydrogens is 152 g/mol. The van der Waals surface area contributed by atoms with Gasteiger partial charge in [-0.2, -0.15) is 0 Å². The van der Waals surface area contributed by atoms with Crippen LogP contribution in [0.4, 0.5) is 0 Å². The van der Waals surface area contributed by atoms with Gasteiger partial charge in [-0.1, -0.05) is 0 Å². The van der Waals surface area contributed by atoms with E-state index in [0.29, 0.717) is 0 Å². The van der Waals surface area contributed by atoms with E-state index in [2.05, 4.69) is 34.6 Å². The SMILES string of the molecule is Cc1[s+]c(C)c(C)c(C)c1C. The normalized spacial score (nSPS) is 10.3. The number of hydrogen-bond donors (Lipinski definition) is 0. The lowest BCUT2D eigenvalue weighted by molar-refractivity contribution is 1.24. The lowest BCUT2D eigenvalue weighted by atomic mass is 10.1. The molecule has 0 saturated carbocycles. The zero-order chi connectivity index (χ0) is 8.59. The second-order valence-electron chi connectivity index (χ2n) is 3.09. The first-order valence-electron chi connectivity index (χ1n) is 3.91. The van der Waals surface area contributed by atoms with Crippen molar-refractivity contribution in [3.05, 3.63) is 26.4 Å². The summed E-state index contributed by atoms with van der Waals surface area (Å²) in [7, 11) is 0. The maximum absolute atomic E-state index is 2.21. The monoisotopic (exact) mass is 167 g/mol. The molecule has 0 radical (unpaired) electrons. The molecule has 0 aliphatic carbocycles. The molecule has 1 aromatic rings. The Labute approximate surface area is 72.9 Å². The van der Waals surface area contributed by atoms with Gasteiger partial charge in [0.05, 0.1) is 0 Å². The maximum atomic E-state index is 2.21. The van der Waals surface area contributed by atoms with E-state index in [1.807, 2.05) is 11.3 Å². The van der Waals surface area contributed by atoms with Crippen LogP contribution in [-0.4, -0.2) is 0 Å². The van der Waals surface area contributed by atoms with Crippen LogP contribution in [0.15, 0.2) is 0 Å². The summed E-state index contributed by atoms with van der Waals surface area (Å²) in [4.78, 5) is 2.90. The van der Waals surface area contributed by atoms with Gasteiger partial charge < -0.3 is 0 Å². The van der Waals surface area contributed by atoms with Crippen molar-refractivity contribution in [1.82, 2.24) is 0 Å². The Hall–Kier alpha value is -0.430. The first-order valence-corrected chi connectivity index (χ1v) is 4.72. The molecular formula is C10H15S+. The number of hydrogen-bond acceptors (Lipinski definition) is 0. The molecule has 0 bridgehead atoms. The first kappa shape index (κ1) is 8.66. The number of aryl methyl sites for hydroxylation is 2. The summed E-state index contributed by atoms with van der Waals surface area (Å²) in [6.07, 6.45) is 0. The molecule has 0 unspecified atom stereocenters. The molecule has 0 nitrogen and oxygen atoms in total. The smallest absolute Gasteiger partial charge is 0.0389 e. The van der Waals surface area contributed by atoms with Gasteiger partial charge in [-0.15, -0.1) is 0 Å². The average molecular weight is 167 g/mol. The van der Waals surface area contributed by atoms with E-state index in [1.54, 1.807) is 0 Å². The van der Waals surface area contributed by atoms with Crippen LogP contribution in [0.25, 0.3) is 0 Å². The third-order valence-corrected chi connectivity index (χ3v) is 3.71. The van der Waals surface area contributed by atoms with Crippen molar-refractivity contribution >= 4 is 11.3 Å². The van der Waals surface area contributed by atoms with Crippen molar-refractivity contribution in [2.45, 2.75) is 34.6 Å². The third-order valence-electron chi connectivity index (χ3n) is 2.49. The van der Waals surface area contributed by atoms with Crippen LogP contribution < -0.4 is 0 Å². The molecule has 0 amide bonds. The Morgan fingerprint density at radius 1 is 0.636 bits per heavy atom. The molecule has 0 N–H and O–H groups in total. The minimum atomic E-state index is 1.45. The highest BCUT2D eigenvalue weighted by Gasteiger charge is 2.14. The lowest BCUT2D eigenvalue weighted by Crippen LogP contribution is -1.90. The summed E-state index contributed by atoms with van der Waals surface area (Å²) in [5.41, 5.74) is 4.37. The molecule has 0 spiro atoms. The zero-order valence-corrected chi connectivity index (χ0v) is 8.72. The van der Waals surface area contributed by atoms with Gasteiger partial charge in [-0.25, -0.2) is 0 Å². The van der Waals surface area contributed by atoms with Gasteiger partial charge in [0, 0.05) is 25.0 Å². The second-order valence-corrected chi connectivity index (χ2v) is 4.52. The largest absolute Gasteiger partial charge is 0.218 e. The third kappa shape index (κ3) is 1.43. The Kier molecular flexibility index (Phi) is 2.28. The molecule has 11 heavy (non-hydrogen) atoms. The van der Waals surface area contributed by atoms with Crippen molar-refractivity contribution < 1.29 is 0 Å². The van der Waals surface area contributed by atoms with E-state index in [1.165, 1.54) is 26.4 Å². The molecule has 1 aromatic heterocycles. The van der Waals surface area contributed by atoms with Crippen molar-refractivity contribution in [2.75, 3.05) is 0 Å². The Balaban J connectivity index is 3.46. The molecule has 0 atom stereocenters. The van der Waals surface area contributed by atoms with Crippen LogP contribution >= 0.6 is 11.3 Å². The van der Waals surface area contributed by atoms with Gasteiger partial charge in [-0.3, -0.25) is 0 Å². The first-order chi connectivity index (χ1) is 5.04. The summed E-state index contributed by atoms with van der Waals surface area (Å²) in [6.45, 7) is 11.0. The standard InChI is InChI=1S/C10H15S/c1-6-7(2)9(4)11-10(5)8(6)3/h1-5H3/q+1. The predicted molar refractivity (Wildman–Crippen MR) is 52.4 cm³/mol. The summed E-state index contributed by atoms with van der Waals surface area (Å²) in [6, 6.07) is 0. The van der Waals surface area contributed by atoms with Crippen molar-refractivity contribution in [3.63, 3.8) is 0 Å². The lowest BCUT2D eigenvalue weighted by Gasteiger charge is -2.00. The van der Waals surface area contributed by atoms with Crippen LogP contribution in [-0.2, 0) is 0 Å². The Morgan fingerprint density at radius 3 is 1.36 bits per heavy atom. The second kappa shape index (κ2) is 2.90. The van der Waals surface area contributed by atoms with Crippen LogP contribution in [0.1, 0.15) is 26.4 Å². The predicted octanol–water partition coefficient (Wildman–Crippen LogP) is 3.57. The van der Waals surface area contributed by atoms with E-state index in [0.717, 1.165) is 0 Å². The van der Waals surface area contributed by atoms with Gasteiger partial charge in [0.25, 0.3) is 0 Å². The van der Waals surface area contributed by atoms with Crippen LogP contribution in [0.5, 0.6) is 0 Å². The molecule has 1 rings (SSSR count). The van der Waals surface area contributed by atoms with E-state index < -0.39 is 0 Å². The van der Waals surface area contributed by atoms with Gasteiger partial charge in [0.15, 0.2) is 0 Å².